The summed E-state index contributed by atoms with van der Waals surface area (Å²) < 4.78 is 1.59. The minimum Gasteiger partial charge on any atom is -0.505 e. The molecule has 2 N–H and O–H groups in total. The second-order valence-electron chi connectivity index (χ2n) is 3.43. The van der Waals surface area contributed by atoms with Crippen molar-refractivity contribution in [3.63, 3.8) is 0 Å². The molecule has 0 aliphatic carbocycles. The summed E-state index contributed by atoms with van der Waals surface area (Å²) in [4.78, 5) is 10.7. The Hall–Kier alpha value is -1.97. The molecule has 4 nitrogen and oxygen atoms in total. The monoisotopic (exact) mass is 205 g/mol. The maximum Gasteiger partial charge on any atom is 0.323 e. The molecule has 0 fully saturated rings. The summed E-state index contributed by atoms with van der Waals surface area (Å²) in [5.74, 6) is -0.759. The summed E-state index contributed by atoms with van der Waals surface area (Å²) in [6.07, 6.45) is 0. The van der Waals surface area contributed by atoms with Crippen LogP contribution in [0.2, 0.25) is 0 Å². The molecule has 0 spiro atoms. The number of rotatable bonds is 2. The van der Waals surface area contributed by atoms with Crippen molar-refractivity contribution in [1.82, 2.24) is 4.57 Å². The first-order chi connectivity index (χ1) is 7.11. The van der Waals surface area contributed by atoms with Gasteiger partial charge in [0.25, 0.3) is 0 Å². The summed E-state index contributed by atoms with van der Waals surface area (Å²) in [5.41, 5.74) is 1.33. The molecule has 1 aromatic heterocycles. The largest absolute Gasteiger partial charge is 0.505 e. The lowest BCUT2D eigenvalue weighted by atomic mass is 10.2. The molecule has 0 saturated carbocycles. The Labute approximate surface area is 86.4 Å². The molecule has 15 heavy (non-hydrogen) atoms. The lowest BCUT2D eigenvalue weighted by Gasteiger charge is -2.03. The van der Waals surface area contributed by atoms with Gasteiger partial charge in [0.15, 0.2) is 0 Å². The highest BCUT2D eigenvalue weighted by atomic mass is 16.4. The van der Waals surface area contributed by atoms with Gasteiger partial charge in [-0.25, -0.2) is 0 Å². The predicted molar refractivity (Wildman–Crippen MR) is 56.0 cm³/mol. The average molecular weight is 205 g/mol. The lowest BCUT2D eigenvalue weighted by Crippen LogP contribution is -2.09. The van der Waals surface area contributed by atoms with Crippen molar-refractivity contribution < 1.29 is 15.0 Å². The second-order valence-corrected chi connectivity index (χ2v) is 3.43. The molecular formula is C11H11NO3. The van der Waals surface area contributed by atoms with E-state index in [1.54, 1.807) is 23.6 Å². The van der Waals surface area contributed by atoms with Crippen molar-refractivity contribution >= 4 is 16.9 Å². The molecule has 2 aromatic rings. The van der Waals surface area contributed by atoms with Crippen molar-refractivity contribution in [1.29, 1.82) is 0 Å². The van der Waals surface area contributed by atoms with Gasteiger partial charge >= 0.3 is 5.97 Å². The Kier molecular flexibility index (Phi) is 2.11. The molecule has 1 aromatic carbocycles. The number of hydrogen-bond donors (Lipinski definition) is 2. The first-order valence-electron chi connectivity index (χ1n) is 4.60. The minimum atomic E-state index is -0.918. The van der Waals surface area contributed by atoms with Gasteiger partial charge in [0.05, 0.1) is 11.2 Å². The Bertz CT molecular complexity index is 528. The number of aromatic nitrogens is 1. The van der Waals surface area contributed by atoms with E-state index in [0.717, 1.165) is 5.52 Å². The van der Waals surface area contributed by atoms with Gasteiger partial charge < -0.3 is 14.8 Å². The summed E-state index contributed by atoms with van der Waals surface area (Å²) >= 11 is 0. The summed E-state index contributed by atoms with van der Waals surface area (Å²) in [5, 5.41) is 19.2. The van der Waals surface area contributed by atoms with Gasteiger partial charge in [0.2, 0.25) is 0 Å². The molecule has 0 aliphatic heterocycles. The van der Waals surface area contributed by atoms with Crippen LogP contribution >= 0.6 is 0 Å². The van der Waals surface area contributed by atoms with Gasteiger partial charge in [-0.05, 0) is 19.1 Å². The summed E-state index contributed by atoms with van der Waals surface area (Å²) in [7, 11) is 0. The maximum absolute atomic E-state index is 10.7. The Balaban J connectivity index is 2.72. The zero-order chi connectivity index (χ0) is 11.0. The lowest BCUT2D eigenvalue weighted by molar-refractivity contribution is -0.137. The van der Waals surface area contributed by atoms with E-state index in [2.05, 4.69) is 0 Å². The third-order valence-electron chi connectivity index (χ3n) is 2.49. The number of aromatic hydroxyl groups is 1. The van der Waals surface area contributed by atoms with Crippen LogP contribution in [0.1, 0.15) is 5.69 Å². The van der Waals surface area contributed by atoms with Crippen molar-refractivity contribution in [3.05, 3.63) is 30.0 Å². The van der Waals surface area contributed by atoms with Crippen LogP contribution in [-0.2, 0) is 11.3 Å². The van der Waals surface area contributed by atoms with Gasteiger partial charge in [0, 0.05) is 5.39 Å². The fraction of sp³-hybridized carbons (Fsp3) is 0.182. The molecule has 4 heteroatoms. The van der Waals surface area contributed by atoms with Crippen molar-refractivity contribution in [2.24, 2.45) is 0 Å². The molecule has 0 bridgehead atoms. The second kappa shape index (κ2) is 3.31. The number of fused-ring (bicyclic) bond motifs is 1. The van der Waals surface area contributed by atoms with Crippen molar-refractivity contribution in [2.75, 3.05) is 0 Å². The molecule has 0 amide bonds. The molecule has 1 heterocycles. The molecule has 0 radical (unpaired) electrons. The SMILES string of the molecule is Cc1c(O)c2ccccc2n1CC(=O)O. The highest BCUT2D eigenvalue weighted by molar-refractivity contribution is 5.89. The van der Waals surface area contributed by atoms with Crippen molar-refractivity contribution in [2.45, 2.75) is 13.5 Å². The molecule has 0 aliphatic rings. The van der Waals surface area contributed by atoms with Crippen LogP contribution in [0.4, 0.5) is 0 Å². The van der Waals surface area contributed by atoms with E-state index in [0.29, 0.717) is 11.1 Å². The average Bonchev–Trinajstić information content (AvgIpc) is 2.44. The first-order valence-corrected chi connectivity index (χ1v) is 4.60. The van der Waals surface area contributed by atoms with E-state index in [-0.39, 0.29) is 12.3 Å². The number of para-hydroxylation sites is 1. The standard InChI is InChI=1S/C11H11NO3/c1-7-11(15)8-4-2-3-5-9(8)12(7)6-10(13)14/h2-5,15H,6H2,1H3,(H,13,14). The topological polar surface area (TPSA) is 62.5 Å². The zero-order valence-electron chi connectivity index (χ0n) is 8.27. The third kappa shape index (κ3) is 1.44. The van der Waals surface area contributed by atoms with Crippen LogP contribution in [0.25, 0.3) is 10.9 Å². The van der Waals surface area contributed by atoms with E-state index in [9.17, 15) is 9.90 Å². The molecular weight excluding hydrogens is 194 g/mol. The fourth-order valence-corrected chi connectivity index (χ4v) is 1.75. The Morgan fingerprint density at radius 3 is 2.73 bits per heavy atom. The van der Waals surface area contributed by atoms with Crippen LogP contribution < -0.4 is 0 Å². The highest BCUT2D eigenvalue weighted by Gasteiger charge is 2.13. The number of carbonyl (C=O) groups is 1. The molecule has 0 atom stereocenters. The van der Waals surface area contributed by atoms with Crippen LogP contribution in [0.15, 0.2) is 24.3 Å². The number of carboxylic acids is 1. The summed E-state index contributed by atoms with van der Waals surface area (Å²) in [6.45, 7) is 1.57. The molecule has 0 saturated heterocycles. The van der Waals surface area contributed by atoms with E-state index >= 15 is 0 Å². The van der Waals surface area contributed by atoms with Crippen LogP contribution in [0.5, 0.6) is 5.75 Å². The van der Waals surface area contributed by atoms with Crippen LogP contribution in [0, 0.1) is 6.92 Å². The van der Waals surface area contributed by atoms with Gasteiger partial charge in [0.1, 0.15) is 12.3 Å². The van der Waals surface area contributed by atoms with E-state index in [4.69, 9.17) is 5.11 Å². The van der Waals surface area contributed by atoms with Crippen molar-refractivity contribution in [3.8, 4) is 5.75 Å². The molecule has 78 valence electrons. The minimum absolute atomic E-state index is 0.132. The van der Waals surface area contributed by atoms with Crippen LogP contribution in [0.3, 0.4) is 0 Å². The normalized spacial score (nSPS) is 10.7. The Morgan fingerprint density at radius 1 is 1.40 bits per heavy atom. The van der Waals surface area contributed by atoms with E-state index in [1.807, 2.05) is 12.1 Å². The summed E-state index contributed by atoms with van der Waals surface area (Å²) in [6, 6.07) is 7.20. The quantitative estimate of drug-likeness (QED) is 0.784. The highest BCUT2D eigenvalue weighted by Crippen LogP contribution is 2.31. The fourth-order valence-electron chi connectivity index (χ4n) is 1.75. The predicted octanol–water partition coefficient (Wildman–Crippen LogP) is 1.74. The van der Waals surface area contributed by atoms with Gasteiger partial charge in [-0.3, -0.25) is 4.79 Å². The molecule has 0 unspecified atom stereocenters. The van der Waals surface area contributed by atoms with Gasteiger partial charge in [-0.15, -0.1) is 0 Å². The Morgan fingerprint density at radius 2 is 2.07 bits per heavy atom. The third-order valence-corrected chi connectivity index (χ3v) is 2.49. The smallest absolute Gasteiger partial charge is 0.323 e. The number of aliphatic carboxylic acids is 1. The van der Waals surface area contributed by atoms with Gasteiger partial charge in [-0.1, -0.05) is 12.1 Å². The van der Waals surface area contributed by atoms with Crippen LogP contribution in [-0.4, -0.2) is 20.7 Å². The zero-order valence-corrected chi connectivity index (χ0v) is 8.27. The van der Waals surface area contributed by atoms with E-state index in [1.165, 1.54) is 0 Å². The van der Waals surface area contributed by atoms with Gasteiger partial charge in [-0.2, -0.15) is 0 Å². The molecule has 2 rings (SSSR count). The number of carboxylic acid groups (broad SMARTS) is 1. The van der Waals surface area contributed by atoms with E-state index < -0.39 is 5.97 Å². The number of benzene rings is 1. The number of hydrogen-bond acceptors (Lipinski definition) is 2. The number of nitrogens with zero attached hydrogens (tertiary/aromatic N) is 1. The first kappa shape index (κ1) is 9.58. The maximum atomic E-state index is 10.7.